The van der Waals surface area contributed by atoms with E-state index >= 15 is 0 Å². The van der Waals surface area contributed by atoms with E-state index in [1.807, 2.05) is 32.2 Å². The Bertz CT molecular complexity index is 304. The highest BCUT2D eigenvalue weighted by molar-refractivity contribution is 6.85. The van der Waals surface area contributed by atoms with Crippen molar-refractivity contribution in [2.24, 2.45) is 0 Å². The molecule has 0 aliphatic heterocycles. The Morgan fingerprint density at radius 3 is 2.38 bits per heavy atom. The molecule has 0 fully saturated rings. The van der Waals surface area contributed by atoms with Crippen LogP contribution in [0.2, 0.25) is 13.6 Å². The summed E-state index contributed by atoms with van der Waals surface area (Å²) in [6.07, 6.45) is -1.92. The van der Waals surface area contributed by atoms with Crippen LogP contribution >= 0.6 is 0 Å². The van der Waals surface area contributed by atoms with Crippen molar-refractivity contribution in [2.75, 3.05) is 12.4 Å². The van der Waals surface area contributed by atoms with Crippen molar-refractivity contribution in [1.82, 2.24) is 0 Å². The number of hydrogen-bond acceptors (Lipinski definition) is 1. The second-order valence-corrected chi connectivity index (χ2v) is 4.04. The van der Waals surface area contributed by atoms with Crippen LogP contribution in [-0.2, 0) is 0 Å². The molecule has 0 spiro atoms. The summed E-state index contributed by atoms with van der Waals surface area (Å²) < 4.78 is 13.8. The average molecular weight is 180 g/mol. The molecule has 1 aromatic carbocycles. The molecule has 0 amide bonds. The van der Waals surface area contributed by atoms with Gasteiger partial charge in [0, 0.05) is 12.7 Å². The fourth-order valence-corrected chi connectivity index (χ4v) is 1.48. The van der Waals surface area contributed by atoms with Gasteiger partial charge in [-0.25, -0.2) is 0 Å². The van der Waals surface area contributed by atoms with Gasteiger partial charge in [0.2, 0.25) is 0 Å². The second-order valence-electron chi connectivity index (χ2n) is 4.04. The Kier molecular flexibility index (Phi) is 2.64. The van der Waals surface area contributed by atoms with Crippen LogP contribution in [0.3, 0.4) is 0 Å². The van der Waals surface area contributed by atoms with Gasteiger partial charge in [0.25, 0.3) is 0 Å². The Balaban J connectivity index is 3.24. The highest BCUT2D eigenvalue weighted by Gasteiger charge is 2.16. The number of hydrogen-bond donors (Lipinski definition) is 1. The maximum Gasteiger partial charge on any atom is 0.179 e. The lowest BCUT2D eigenvalue weighted by Gasteiger charge is -2.26. The van der Waals surface area contributed by atoms with Crippen LogP contribution in [-0.4, -0.2) is 13.5 Å². The fourth-order valence-electron chi connectivity index (χ4n) is 1.48. The van der Waals surface area contributed by atoms with Crippen LogP contribution in [0.25, 0.3) is 0 Å². The number of aryl methyl sites for hydroxylation is 1. The van der Waals surface area contributed by atoms with E-state index < -0.39 is 6.42 Å². The molecule has 0 saturated heterocycles. The fraction of sp³-hybridized carbons (Fsp3) is 0.400. The normalized spacial score (nSPS) is 11.5. The van der Waals surface area contributed by atoms with E-state index in [0.29, 0.717) is 0 Å². The van der Waals surface area contributed by atoms with Crippen LogP contribution in [0, 0.1) is 6.92 Å². The predicted octanol–water partition coefficient (Wildman–Crippen LogP) is 2.42. The van der Waals surface area contributed by atoms with Crippen LogP contribution in [0.1, 0.15) is 5.56 Å². The second kappa shape index (κ2) is 3.40. The molecule has 0 atom stereocenters. The first kappa shape index (κ1) is 10.1. The zero-order chi connectivity index (χ0) is 10.1. The van der Waals surface area contributed by atoms with Gasteiger partial charge in [-0.1, -0.05) is 17.7 Å². The SMILES string of the molecule is CNc1ccc(C)cc1[B-](C)(C)F. The lowest BCUT2D eigenvalue weighted by atomic mass is 9.42. The van der Waals surface area contributed by atoms with Gasteiger partial charge >= 0.3 is 0 Å². The first-order valence-corrected chi connectivity index (χ1v) is 4.65. The molecule has 1 nitrogen and oxygen atoms in total. The van der Waals surface area contributed by atoms with Gasteiger partial charge in [-0.2, -0.15) is 19.1 Å². The molecule has 0 heterocycles. The number of benzene rings is 1. The summed E-state index contributed by atoms with van der Waals surface area (Å²) in [6.45, 7) is 5.25. The summed E-state index contributed by atoms with van der Waals surface area (Å²) in [5.74, 6) is 0. The van der Waals surface area contributed by atoms with E-state index in [1.54, 1.807) is 13.6 Å². The van der Waals surface area contributed by atoms with E-state index in [1.165, 1.54) is 0 Å². The molecule has 0 aromatic heterocycles. The van der Waals surface area contributed by atoms with E-state index in [9.17, 15) is 4.32 Å². The Morgan fingerprint density at radius 1 is 1.31 bits per heavy atom. The third-order valence-corrected chi connectivity index (χ3v) is 2.22. The van der Waals surface area contributed by atoms with Crippen molar-refractivity contribution in [1.29, 1.82) is 0 Å². The molecule has 1 rings (SSSR count). The third-order valence-electron chi connectivity index (χ3n) is 2.22. The van der Waals surface area contributed by atoms with E-state index in [-0.39, 0.29) is 0 Å². The van der Waals surface area contributed by atoms with Crippen molar-refractivity contribution in [2.45, 2.75) is 20.6 Å². The zero-order valence-electron chi connectivity index (χ0n) is 8.69. The molecule has 1 N–H and O–H groups in total. The summed E-state index contributed by atoms with van der Waals surface area (Å²) in [5, 5.41) is 3.00. The van der Waals surface area contributed by atoms with E-state index in [2.05, 4.69) is 5.32 Å². The van der Waals surface area contributed by atoms with Crippen LogP contribution in [0.5, 0.6) is 0 Å². The van der Waals surface area contributed by atoms with Crippen LogP contribution in [0.4, 0.5) is 10.0 Å². The maximum atomic E-state index is 13.8. The molecule has 3 heteroatoms. The lowest BCUT2D eigenvalue weighted by molar-refractivity contribution is 0.822. The van der Waals surface area contributed by atoms with E-state index in [0.717, 1.165) is 16.7 Å². The molecule has 0 bridgehead atoms. The predicted molar refractivity (Wildman–Crippen MR) is 58.9 cm³/mol. The van der Waals surface area contributed by atoms with Crippen molar-refractivity contribution >= 4 is 17.6 Å². The zero-order valence-corrected chi connectivity index (χ0v) is 8.69. The standard InChI is InChI=1S/C10H16BFN/c1-8-5-6-10(13-4)9(7-8)11(2,3)12/h5-7,13H,1-4H3/q-1. The summed E-state index contributed by atoms with van der Waals surface area (Å²) >= 11 is 0. The molecule has 0 aliphatic carbocycles. The van der Waals surface area contributed by atoms with Crippen molar-refractivity contribution in [3.63, 3.8) is 0 Å². The summed E-state index contributed by atoms with van der Waals surface area (Å²) in [6, 6.07) is 5.82. The molecule has 0 unspecified atom stereocenters. The van der Waals surface area contributed by atoms with Gasteiger partial charge in [0.1, 0.15) is 0 Å². The molecule has 0 aliphatic rings. The Morgan fingerprint density at radius 2 is 1.92 bits per heavy atom. The number of nitrogens with one attached hydrogen (secondary N) is 1. The minimum Gasteiger partial charge on any atom is -0.511 e. The average Bonchev–Trinajstić information content (AvgIpc) is 2.03. The molecule has 13 heavy (non-hydrogen) atoms. The minimum atomic E-state index is -1.92. The maximum absolute atomic E-state index is 13.8. The van der Waals surface area contributed by atoms with E-state index in [4.69, 9.17) is 0 Å². The van der Waals surface area contributed by atoms with Gasteiger partial charge in [0.05, 0.1) is 0 Å². The summed E-state index contributed by atoms with van der Waals surface area (Å²) in [5.41, 5.74) is 2.77. The summed E-state index contributed by atoms with van der Waals surface area (Å²) in [7, 11) is 1.82. The minimum absolute atomic E-state index is 0.780. The number of rotatable bonds is 2. The van der Waals surface area contributed by atoms with Crippen molar-refractivity contribution in [3.05, 3.63) is 23.8 Å². The van der Waals surface area contributed by atoms with Gasteiger partial charge in [-0.3, -0.25) is 0 Å². The van der Waals surface area contributed by atoms with Crippen LogP contribution in [0.15, 0.2) is 18.2 Å². The first-order chi connectivity index (χ1) is 5.95. The Labute approximate surface area is 79.3 Å². The first-order valence-electron chi connectivity index (χ1n) is 4.65. The molecule has 0 saturated carbocycles. The quantitative estimate of drug-likeness (QED) is 0.689. The Hall–Kier alpha value is -0.985. The lowest BCUT2D eigenvalue weighted by Crippen LogP contribution is -2.38. The molecule has 72 valence electrons. The van der Waals surface area contributed by atoms with Crippen molar-refractivity contribution in [3.8, 4) is 0 Å². The monoisotopic (exact) mass is 180 g/mol. The van der Waals surface area contributed by atoms with Crippen LogP contribution < -0.4 is 10.8 Å². The highest BCUT2D eigenvalue weighted by atomic mass is 19.1. The molecular weight excluding hydrogens is 164 g/mol. The number of anilines is 1. The topological polar surface area (TPSA) is 12.0 Å². The molecular formula is C10H16BFN-. The molecule has 0 radical (unpaired) electrons. The van der Waals surface area contributed by atoms with Gasteiger partial charge in [-0.05, 0) is 13.0 Å². The smallest absolute Gasteiger partial charge is 0.179 e. The van der Waals surface area contributed by atoms with Gasteiger partial charge in [-0.15, -0.1) is 0 Å². The largest absolute Gasteiger partial charge is 0.511 e. The molecule has 1 aromatic rings. The highest BCUT2D eigenvalue weighted by Crippen LogP contribution is 2.14. The van der Waals surface area contributed by atoms with Gasteiger partial charge in [0.15, 0.2) is 6.42 Å². The van der Waals surface area contributed by atoms with Crippen molar-refractivity contribution < 1.29 is 4.32 Å². The number of halogens is 1. The van der Waals surface area contributed by atoms with Gasteiger partial charge < -0.3 is 9.63 Å². The third kappa shape index (κ3) is 2.23. The summed E-state index contributed by atoms with van der Waals surface area (Å²) in [4.78, 5) is 0.